The minimum absolute atomic E-state index is 0.0271. The zero-order valence-corrected chi connectivity index (χ0v) is 15.0. The van der Waals surface area contributed by atoms with E-state index in [0.29, 0.717) is 44.7 Å². The topological polar surface area (TPSA) is 70.2 Å². The van der Waals surface area contributed by atoms with Crippen molar-refractivity contribution in [2.24, 2.45) is 0 Å². The van der Waals surface area contributed by atoms with Gasteiger partial charge in [0.2, 0.25) is 11.8 Å². The van der Waals surface area contributed by atoms with Crippen LogP contribution in [0.5, 0.6) is 0 Å². The molecule has 0 aromatic heterocycles. The summed E-state index contributed by atoms with van der Waals surface area (Å²) in [5, 5.41) is 0. The number of amides is 3. The van der Waals surface area contributed by atoms with E-state index in [0.717, 1.165) is 6.42 Å². The molecule has 1 unspecified atom stereocenters. The van der Waals surface area contributed by atoms with Crippen LogP contribution < -0.4 is 4.90 Å². The molecule has 8 heteroatoms. The highest BCUT2D eigenvalue weighted by atomic mass is 19.1. The lowest BCUT2D eigenvalue weighted by Gasteiger charge is -2.40. The fraction of sp³-hybridized carbons (Fsp3) is 0.526. The summed E-state index contributed by atoms with van der Waals surface area (Å²) < 4.78 is 19.0. The van der Waals surface area contributed by atoms with E-state index in [1.807, 2.05) is 0 Å². The second kappa shape index (κ2) is 6.92. The monoisotopic (exact) mass is 375 g/mol. The summed E-state index contributed by atoms with van der Waals surface area (Å²) in [6.45, 7) is 1.92. The SMILES string of the molecule is O=C1CCCN1CC(=O)N1CCC2(C1)CN(c1ccc(F)cc1)C(=O)CO2. The summed E-state index contributed by atoms with van der Waals surface area (Å²) in [6, 6.07) is 5.79. The molecule has 1 aromatic rings. The summed E-state index contributed by atoms with van der Waals surface area (Å²) in [7, 11) is 0. The number of nitrogens with zero attached hydrogens (tertiary/aromatic N) is 3. The van der Waals surface area contributed by atoms with E-state index in [-0.39, 0.29) is 36.7 Å². The van der Waals surface area contributed by atoms with Crippen LogP contribution in [-0.4, -0.2) is 72.5 Å². The van der Waals surface area contributed by atoms with Crippen LogP contribution in [0.15, 0.2) is 24.3 Å². The first-order valence-corrected chi connectivity index (χ1v) is 9.21. The van der Waals surface area contributed by atoms with E-state index in [4.69, 9.17) is 4.74 Å². The van der Waals surface area contributed by atoms with Crippen LogP contribution in [0.25, 0.3) is 0 Å². The van der Waals surface area contributed by atoms with E-state index in [2.05, 4.69) is 0 Å². The van der Waals surface area contributed by atoms with Crippen LogP contribution in [-0.2, 0) is 19.1 Å². The van der Waals surface area contributed by atoms with Crippen LogP contribution in [0.4, 0.5) is 10.1 Å². The first-order chi connectivity index (χ1) is 13.0. The highest BCUT2D eigenvalue weighted by molar-refractivity contribution is 5.95. The minimum Gasteiger partial charge on any atom is -0.361 e. The first kappa shape index (κ1) is 17.9. The lowest BCUT2D eigenvalue weighted by atomic mass is 10.00. The molecule has 7 nitrogen and oxygen atoms in total. The van der Waals surface area contributed by atoms with Crippen molar-refractivity contribution in [3.63, 3.8) is 0 Å². The smallest absolute Gasteiger partial charge is 0.253 e. The predicted octanol–water partition coefficient (Wildman–Crippen LogP) is 0.782. The standard InChI is InChI=1S/C19H22FN3O4/c20-14-3-5-15(6-4-14)23-13-19(27-11-18(23)26)7-9-22(12-19)17(25)10-21-8-1-2-16(21)24/h3-6H,1-2,7-13H2. The average molecular weight is 375 g/mol. The number of hydrogen-bond donors (Lipinski definition) is 0. The number of benzene rings is 1. The molecule has 144 valence electrons. The molecule has 1 spiro atoms. The first-order valence-electron chi connectivity index (χ1n) is 9.21. The van der Waals surface area contributed by atoms with Gasteiger partial charge in [-0.25, -0.2) is 4.39 Å². The Kier molecular flexibility index (Phi) is 4.59. The highest BCUT2D eigenvalue weighted by Crippen LogP contribution is 2.32. The summed E-state index contributed by atoms with van der Waals surface area (Å²) >= 11 is 0. The molecule has 3 saturated heterocycles. The number of likely N-dealkylation sites (tertiary alicyclic amines) is 2. The van der Waals surface area contributed by atoms with Crippen molar-refractivity contribution in [1.29, 1.82) is 0 Å². The summed E-state index contributed by atoms with van der Waals surface area (Å²) in [4.78, 5) is 41.5. The van der Waals surface area contributed by atoms with Crippen LogP contribution in [0.2, 0.25) is 0 Å². The molecule has 0 saturated carbocycles. The molecular formula is C19H22FN3O4. The molecule has 0 N–H and O–H groups in total. The average Bonchev–Trinajstić information content (AvgIpc) is 3.25. The maximum absolute atomic E-state index is 13.2. The van der Waals surface area contributed by atoms with Gasteiger partial charge in [-0.05, 0) is 37.1 Å². The van der Waals surface area contributed by atoms with E-state index < -0.39 is 5.60 Å². The molecule has 4 rings (SSSR count). The Labute approximate surface area is 156 Å². The van der Waals surface area contributed by atoms with E-state index in [9.17, 15) is 18.8 Å². The van der Waals surface area contributed by atoms with Gasteiger partial charge in [-0.15, -0.1) is 0 Å². The minimum atomic E-state index is -0.618. The fourth-order valence-electron chi connectivity index (χ4n) is 4.01. The number of carbonyl (C=O) groups excluding carboxylic acids is 3. The number of halogens is 1. The molecule has 1 atom stereocenters. The van der Waals surface area contributed by atoms with Crippen molar-refractivity contribution >= 4 is 23.4 Å². The predicted molar refractivity (Wildman–Crippen MR) is 94.4 cm³/mol. The molecular weight excluding hydrogens is 353 g/mol. The zero-order valence-electron chi connectivity index (χ0n) is 15.0. The lowest BCUT2D eigenvalue weighted by molar-refractivity contribution is -0.141. The molecule has 1 aromatic carbocycles. The molecule has 3 heterocycles. The second-order valence-corrected chi connectivity index (χ2v) is 7.41. The second-order valence-electron chi connectivity index (χ2n) is 7.41. The van der Waals surface area contributed by atoms with Gasteiger partial charge in [0.05, 0.1) is 19.6 Å². The molecule has 27 heavy (non-hydrogen) atoms. The quantitative estimate of drug-likeness (QED) is 0.783. The number of anilines is 1. The number of morpholine rings is 1. The molecule has 0 radical (unpaired) electrons. The Bertz CT molecular complexity index is 769. The van der Waals surface area contributed by atoms with Gasteiger partial charge in [0.15, 0.2) is 0 Å². The van der Waals surface area contributed by atoms with Gasteiger partial charge in [-0.2, -0.15) is 0 Å². The van der Waals surface area contributed by atoms with Gasteiger partial charge in [0, 0.05) is 25.2 Å². The Balaban J connectivity index is 1.43. The summed E-state index contributed by atoms with van der Waals surface area (Å²) in [6.07, 6.45) is 1.93. The van der Waals surface area contributed by atoms with E-state index in [1.54, 1.807) is 26.8 Å². The van der Waals surface area contributed by atoms with Crippen molar-refractivity contribution < 1.29 is 23.5 Å². The summed E-state index contributed by atoms with van der Waals surface area (Å²) in [5.41, 5.74) is 0.00369. The van der Waals surface area contributed by atoms with Crippen LogP contribution in [0.3, 0.4) is 0 Å². The third-order valence-corrected chi connectivity index (χ3v) is 5.55. The van der Waals surface area contributed by atoms with Crippen LogP contribution in [0.1, 0.15) is 19.3 Å². The maximum atomic E-state index is 13.2. The third-order valence-electron chi connectivity index (χ3n) is 5.55. The Hall–Kier alpha value is -2.48. The van der Waals surface area contributed by atoms with Gasteiger partial charge < -0.3 is 19.4 Å². The third kappa shape index (κ3) is 3.53. The maximum Gasteiger partial charge on any atom is 0.253 e. The molecule has 0 bridgehead atoms. The van der Waals surface area contributed by atoms with Gasteiger partial charge >= 0.3 is 0 Å². The van der Waals surface area contributed by atoms with Crippen molar-refractivity contribution in [2.45, 2.75) is 24.9 Å². The van der Waals surface area contributed by atoms with Crippen LogP contribution >= 0.6 is 0 Å². The van der Waals surface area contributed by atoms with Gasteiger partial charge in [-0.1, -0.05) is 0 Å². The molecule has 0 aliphatic carbocycles. The van der Waals surface area contributed by atoms with Crippen molar-refractivity contribution in [2.75, 3.05) is 44.2 Å². The van der Waals surface area contributed by atoms with Gasteiger partial charge in [0.1, 0.15) is 18.0 Å². The lowest BCUT2D eigenvalue weighted by Crippen LogP contribution is -2.56. The number of ether oxygens (including phenoxy) is 1. The Morgan fingerprint density at radius 2 is 1.89 bits per heavy atom. The molecule has 3 aliphatic rings. The van der Waals surface area contributed by atoms with Crippen molar-refractivity contribution in [3.8, 4) is 0 Å². The van der Waals surface area contributed by atoms with Gasteiger partial charge in [-0.3, -0.25) is 14.4 Å². The number of rotatable bonds is 3. The van der Waals surface area contributed by atoms with Gasteiger partial charge in [0.25, 0.3) is 5.91 Å². The highest BCUT2D eigenvalue weighted by Gasteiger charge is 2.46. The van der Waals surface area contributed by atoms with Crippen LogP contribution in [0, 0.1) is 5.82 Å². The van der Waals surface area contributed by atoms with E-state index in [1.165, 1.54) is 12.1 Å². The van der Waals surface area contributed by atoms with Crippen molar-refractivity contribution in [1.82, 2.24) is 9.80 Å². The Morgan fingerprint density at radius 1 is 1.11 bits per heavy atom. The molecule has 3 aliphatic heterocycles. The molecule has 3 amide bonds. The van der Waals surface area contributed by atoms with Crippen molar-refractivity contribution in [3.05, 3.63) is 30.1 Å². The fourth-order valence-corrected chi connectivity index (χ4v) is 4.01. The normalized spacial score (nSPS) is 25.7. The number of hydrogen-bond acceptors (Lipinski definition) is 4. The van der Waals surface area contributed by atoms with E-state index >= 15 is 0 Å². The molecule has 3 fully saturated rings. The largest absolute Gasteiger partial charge is 0.361 e. The zero-order chi connectivity index (χ0) is 19.0. The number of carbonyl (C=O) groups is 3. The Morgan fingerprint density at radius 3 is 2.59 bits per heavy atom. The summed E-state index contributed by atoms with van der Waals surface area (Å²) in [5.74, 6) is -0.599.